The number of halogens is 3. The fraction of sp³-hybridized carbons (Fsp3) is 1.00. The third-order valence-corrected chi connectivity index (χ3v) is 3.17. The van der Waals surface area contributed by atoms with Crippen LogP contribution in [0.25, 0.3) is 0 Å². The molecule has 0 aromatic carbocycles. The number of rotatable bonds is 5. The van der Waals surface area contributed by atoms with Crippen LogP contribution in [0, 0.1) is 5.92 Å². The summed E-state index contributed by atoms with van der Waals surface area (Å²) in [5.41, 5.74) is 0.118. The molecule has 0 unspecified atom stereocenters. The van der Waals surface area contributed by atoms with E-state index in [-0.39, 0.29) is 12.3 Å². The predicted molar refractivity (Wildman–Crippen MR) is 68.9 cm³/mol. The summed E-state index contributed by atoms with van der Waals surface area (Å²) in [5.74, 6) is 0.609. The fourth-order valence-electron chi connectivity index (χ4n) is 2.06. The van der Waals surface area contributed by atoms with Gasteiger partial charge in [-0.1, -0.05) is 0 Å². The molecule has 0 amide bonds. The molecule has 0 aliphatic carbocycles. The maximum Gasteiger partial charge on any atom is 0.411 e. The van der Waals surface area contributed by atoms with Gasteiger partial charge in [-0.3, -0.25) is 4.90 Å². The second-order valence-corrected chi connectivity index (χ2v) is 6.29. The third-order valence-electron chi connectivity index (χ3n) is 3.17. The second-order valence-electron chi connectivity index (χ2n) is 6.29. The van der Waals surface area contributed by atoms with Gasteiger partial charge in [-0.25, -0.2) is 0 Å². The SMILES string of the molecule is CC(C)(C)NCC1CCN(COCC(F)(F)F)CC1. The quantitative estimate of drug-likeness (QED) is 0.839. The molecule has 6 heteroatoms. The Balaban J connectivity index is 2.12. The van der Waals surface area contributed by atoms with Crippen molar-refractivity contribution in [1.82, 2.24) is 10.2 Å². The first-order chi connectivity index (χ1) is 8.66. The van der Waals surface area contributed by atoms with Crippen molar-refractivity contribution < 1.29 is 17.9 Å². The zero-order valence-corrected chi connectivity index (χ0v) is 12.0. The molecule has 0 radical (unpaired) electrons. The molecule has 19 heavy (non-hydrogen) atoms. The van der Waals surface area contributed by atoms with Crippen LogP contribution in [0.15, 0.2) is 0 Å². The number of piperidine rings is 1. The molecule has 1 saturated heterocycles. The zero-order valence-electron chi connectivity index (χ0n) is 12.0. The van der Waals surface area contributed by atoms with E-state index in [0.717, 1.165) is 32.5 Å². The van der Waals surface area contributed by atoms with E-state index in [1.165, 1.54) is 0 Å². The van der Waals surface area contributed by atoms with Crippen molar-refractivity contribution >= 4 is 0 Å². The lowest BCUT2D eigenvalue weighted by atomic mass is 9.96. The molecule has 1 aliphatic rings. The average molecular weight is 282 g/mol. The van der Waals surface area contributed by atoms with Gasteiger partial charge in [-0.15, -0.1) is 0 Å². The molecule has 3 nitrogen and oxygen atoms in total. The molecular weight excluding hydrogens is 257 g/mol. The highest BCUT2D eigenvalue weighted by Gasteiger charge is 2.28. The summed E-state index contributed by atoms with van der Waals surface area (Å²) in [6, 6.07) is 0. The lowest BCUT2D eigenvalue weighted by Crippen LogP contribution is -2.43. The average Bonchev–Trinajstić information content (AvgIpc) is 2.25. The van der Waals surface area contributed by atoms with Crippen molar-refractivity contribution in [3.63, 3.8) is 0 Å². The van der Waals surface area contributed by atoms with Gasteiger partial charge in [0.15, 0.2) is 0 Å². The molecule has 0 atom stereocenters. The van der Waals surface area contributed by atoms with Gasteiger partial charge in [0.2, 0.25) is 0 Å². The molecule has 0 saturated carbocycles. The van der Waals surface area contributed by atoms with Crippen molar-refractivity contribution in [2.75, 3.05) is 33.0 Å². The highest BCUT2D eigenvalue weighted by Crippen LogP contribution is 2.18. The molecule has 1 aliphatic heterocycles. The van der Waals surface area contributed by atoms with Crippen molar-refractivity contribution in [3.05, 3.63) is 0 Å². The number of hydrogen-bond acceptors (Lipinski definition) is 3. The molecule has 0 bridgehead atoms. The Hall–Kier alpha value is -0.330. The molecule has 1 rings (SSSR count). The number of nitrogens with one attached hydrogen (secondary N) is 1. The summed E-state index contributed by atoms with van der Waals surface area (Å²) < 4.78 is 40.5. The number of hydrogen-bond donors (Lipinski definition) is 1. The lowest BCUT2D eigenvalue weighted by molar-refractivity contribution is -0.184. The summed E-state index contributed by atoms with van der Waals surface area (Å²) >= 11 is 0. The molecule has 1 fully saturated rings. The molecule has 1 heterocycles. The Bertz CT molecular complexity index is 256. The highest BCUT2D eigenvalue weighted by atomic mass is 19.4. The first-order valence-corrected chi connectivity index (χ1v) is 6.77. The summed E-state index contributed by atoms with van der Waals surface area (Å²) in [6.45, 7) is 7.92. The maximum atomic E-state index is 11.9. The highest BCUT2D eigenvalue weighted by molar-refractivity contribution is 4.77. The normalized spacial score (nSPS) is 19.9. The minimum absolute atomic E-state index is 0.0823. The van der Waals surface area contributed by atoms with Crippen LogP contribution in [0.4, 0.5) is 13.2 Å². The molecule has 0 aromatic heterocycles. The van der Waals surface area contributed by atoms with Gasteiger partial charge in [-0.05, 0) is 46.1 Å². The minimum atomic E-state index is -4.23. The van der Waals surface area contributed by atoms with Crippen molar-refractivity contribution in [2.45, 2.75) is 45.3 Å². The fourth-order valence-corrected chi connectivity index (χ4v) is 2.06. The number of nitrogens with zero attached hydrogens (tertiary/aromatic N) is 1. The van der Waals surface area contributed by atoms with Crippen LogP contribution in [0.2, 0.25) is 0 Å². The first-order valence-electron chi connectivity index (χ1n) is 6.77. The van der Waals surface area contributed by atoms with Gasteiger partial charge in [0.25, 0.3) is 0 Å². The van der Waals surface area contributed by atoms with E-state index in [9.17, 15) is 13.2 Å². The summed E-state index contributed by atoms with van der Waals surface area (Å²) in [4.78, 5) is 1.94. The van der Waals surface area contributed by atoms with Gasteiger partial charge in [0.1, 0.15) is 6.61 Å². The molecular formula is C13H25F3N2O. The Labute approximate surface area is 113 Å². The number of ether oxygens (including phenoxy) is 1. The predicted octanol–water partition coefficient (Wildman–Crippen LogP) is 2.62. The summed E-state index contributed by atoms with van der Waals surface area (Å²) in [6.07, 6.45) is -2.20. The van der Waals surface area contributed by atoms with Gasteiger partial charge in [0.05, 0.1) is 6.73 Å². The smallest absolute Gasteiger partial charge is 0.357 e. The lowest BCUT2D eigenvalue weighted by Gasteiger charge is -2.33. The van der Waals surface area contributed by atoms with E-state index in [0.29, 0.717) is 5.92 Å². The van der Waals surface area contributed by atoms with Gasteiger partial charge in [-0.2, -0.15) is 13.2 Å². The van der Waals surface area contributed by atoms with Gasteiger partial charge in [0, 0.05) is 18.6 Å². The van der Waals surface area contributed by atoms with Crippen LogP contribution < -0.4 is 5.32 Å². The Morgan fingerprint density at radius 2 is 1.74 bits per heavy atom. The van der Waals surface area contributed by atoms with E-state index in [2.05, 4.69) is 30.8 Å². The Morgan fingerprint density at radius 1 is 1.16 bits per heavy atom. The minimum Gasteiger partial charge on any atom is -0.357 e. The van der Waals surface area contributed by atoms with E-state index in [1.54, 1.807) is 0 Å². The number of alkyl halides is 3. The zero-order chi connectivity index (χ0) is 14.5. The topological polar surface area (TPSA) is 24.5 Å². The molecule has 0 spiro atoms. The van der Waals surface area contributed by atoms with E-state index >= 15 is 0 Å². The van der Waals surface area contributed by atoms with Crippen LogP contribution >= 0.6 is 0 Å². The largest absolute Gasteiger partial charge is 0.411 e. The van der Waals surface area contributed by atoms with Crippen molar-refractivity contribution in [2.24, 2.45) is 5.92 Å². The van der Waals surface area contributed by atoms with Crippen LogP contribution in [-0.4, -0.2) is 49.6 Å². The van der Waals surface area contributed by atoms with Crippen LogP contribution in [-0.2, 0) is 4.74 Å². The summed E-state index contributed by atoms with van der Waals surface area (Å²) in [7, 11) is 0. The third kappa shape index (κ3) is 8.44. The number of likely N-dealkylation sites (tertiary alicyclic amines) is 1. The maximum absolute atomic E-state index is 11.9. The monoisotopic (exact) mass is 282 g/mol. The van der Waals surface area contributed by atoms with Crippen LogP contribution in [0.3, 0.4) is 0 Å². The van der Waals surface area contributed by atoms with E-state index < -0.39 is 12.8 Å². The summed E-state index contributed by atoms with van der Waals surface area (Å²) in [5, 5.41) is 3.47. The van der Waals surface area contributed by atoms with Crippen LogP contribution in [0.5, 0.6) is 0 Å². The van der Waals surface area contributed by atoms with E-state index in [4.69, 9.17) is 0 Å². The Kier molecular flexibility index (Phi) is 6.08. The van der Waals surface area contributed by atoms with E-state index in [1.807, 2.05) is 4.90 Å². The molecule has 1 N–H and O–H groups in total. The van der Waals surface area contributed by atoms with Gasteiger partial charge < -0.3 is 10.1 Å². The first kappa shape index (κ1) is 16.7. The molecule has 114 valence electrons. The van der Waals surface area contributed by atoms with Crippen LogP contribution in [0.1, 0.15) is 33.6 Å². The van der Waals surface area contributed by atoms with Gasteiger partial charge >= 0.3 is 6.18 Å². The Morgan fingerprint density at radius 3 is 2.21 bits per heavy atom. The van der Waals surface area contributed by atoms with Crippen molar-refractivity contribution in [1.29, 1.82) is 0 Å². The van der Waals surface area contributed by atoms with Crippen molar-refractivity contribution in [3.8, 4) is 0 Å². The standard InChI is InChI=1S/C13H25F3N2O/c1-12(2,3)17-8-11-4-6-18(7-5-11)10-19-9-13(14,15)16/h11,17H,4-10H2,1-3H3. The molecule has 0 aromatic rings. The second kappa shape index (κ2) is 6.90.